The lowest BCUT2D eigenvalue weighted by Crippen LogP contribution is -1.97. The monoisotopic (exact) mass is 541 g/mol. The second-order valence-corrected chi connectivity index (χ2v) is 12.3. The Morgan fingerprint density at radius 2 is 1.33 bits per heavy atom. The van der Waals surface area contributed by atoms with Crippen molar-refractivity contribution in [1.29, 1.82) is 0 Å². The predicted octanol–water partition coefficient (Wildman–Crippen LogP) is 14.2. The quantitative estimate of drug-likeness (QED) is 0.216. The van der Waals surface area contributed by atoms with E-state index in [0.717, 1.165) is 23.8 Å². The molecule has 2 atom stereocenters. The van der Waals surface area contributed by atoms with Gasteiger partial charge in [-0.2, -0.15) is 0 Å². The lowest BCUT2D eigenvalue weighted by atomic mass is 9.91. The zero-order valence-electron chi connectivity index (χ0n) is 29.6. The average Bonchev–Trinajstić information content (AvgIpc) is 2.90. The molecule has 228 valence electrons. The molecule has 0 spiro atoms. The third-order valence-electron chi connectivity index (χ3n) is 7.29. The van der Waals surface area contributed by atoms with Gasteiger partial charge in [-0.15, -0.1) is 0 Å². The highest BCUT2D eigenvalue weighted by Gasteiger charge is 2.07. The first-order valence-corrected chi connectivity index (χ1v) is 16.3. The summed E-state index contributed by atoms with van der Waals surface area (Å²) in [5.41, 5.74) is 9.73. The highest BCUT2D eigenvalue weighted by molar-refractivity contribution is 5.46. The van der Waals surface area contributed by atoms with Crippen molar-refractivity contribution in [1.82, 2.24) is 0 Å². The second kappa shape index (κ2) is 26.7. The topological polar surface area (TPSA) is 0 Å². The Morgan fingerprint density at radius 1 is 0.846 bits per heavy atom. The van der Waals surface area contributed by atoms with Crippen molar-refractivity contribution in [2.45, 2.75) is 162 Å². The zero-order chi connectivity index (χ0) is 31.0. The molecule has 39 heavy (non-hydrogen) atoms. The Balaban J connectivity index is -0.000000584. The van der Waals surface area contributed by atoms with Gasteiger partial charge in [-0.25, -0.2) is 0 Å². The van der Waals surface area contributed by atoms with Gasteiger partial charge in [-0.3, -0.25) is 0 Å². The normalized spacial score (nSPS) is 14.8. The molecular weight excluding hydrogens is 468 g/mol. The fraction of sp³-hybridized carbons (Fsp3) is 0.692. The molecule has 1 aliphatic carbocycles. The summed E-state index contributed by atoms with van der Waals surface area (Å²) in [6.45, 7) is 37.2. The Labute approximate surface area is 248 Å². The van der Waals surface area contributed by atoms with E-state index < -0.39 is 0 Å². The Hall–Kier alpha value is -1.56. The summed E-state index contributed by atoms with van der Waals surface area (Å²) in [5.74, 6) is 2.39. The maximum Gasteiger partial charge on any atom is -0.0244 e. The molecule has 1 rings (SSSR count). The van der Waals surface area contributed by atoms with Crippen LogP contribution in [0.2, 0.25) is 0 Å². The molecular formula is C39H72. The average molecular weight is 541 g/mol. The lowest BCUT2D eigenvalue weighted by Gasteiger charge is -2.15. The second-order valence-electron chi connectivity index (χ2n) is 12.3. The minimum atomic E-state index is 0.673. The molecule has 0 bridgehead atoms. The van der Waals surface area contributed by atoms with Crippen molar-refractivity contribution in [3.63, 3.8) is 0 Å². The highest BCUT2D eigenvalue weighted by atomic mass is 14.1. The Kier molecular flexibility index (Phi) is 28.6. The molecule has 1 aliphatic rings. The van der Waals surface area contributed by atoms with Crippen LogP contribution in [0.5, 0.6) is 0 Å². The van der Waals surface area contributed by atoms with Gasteiger partial charge in [0.05, 0.1) is 0 Å². The molecule has 0 aromatic rings. The lowest BCUT2D eigenvalue weighted by molar-refractivity contribution is 0.492. The van der Waals surface area contributed by atoms with E-state index in [-0.39, 0.29) is 0 Å². The van der Waals surface area contributed by atoms with Gasteiger partial charge >= 0.3 is 0 Å². The van der Waals surface area contributed by atoms with Gasteiger partial charge < -0.3 is 0 Å². The van der Waals surface area contributed by atoms with Crippen LogP contribution in [0.3, 0.4) is 0 Å². The molecule has 0 saturated heterocycles. The summed E-state index contributed by atoms with van der Waals surface area (Å²) in [5, 5.41) is 0. The van der Waals surface area contributed by atoms with E-state index in [1.54, 1.807) is 0 Å². The zero-order valence-corrected chi connectivity index (χ0v) is 29.6. The number of hydrogen-bond donors (Lipinski definition) is 0. The van der Waals surface area contributed by atoms with Crippen LogP contribution in [0, 0.1) is 17.8 Å². The van der Waals surface area contributed by atoms with Crippen molar-refractivity contribution in [2.75, 3.05) is 0 Å². The van der Waals surface area contributed by atoms with Crippen molar-refractivity contribution in [3.8, 4) is 0 Å². The highest BCUT2D eigenvalue weighted by Crippen LogP contribution is 2.26. The van der Waals surface area contributed by atoms with Crippen LogP contribution < -0.4 is 0 Å². The third kappa shape index (κ3) is 25.2. The van der Waals surface area contributed by atoms with E-state index in [9.17, 15) is 0 Å². The Bertz CT molecular complexity index is 753. The molecule has 0 nitrogen and oxygen atoms in total. The summed E-state index contributed by atoms with van der Waals surface area (Å²) in [7, 11) is 0. The van der Waals surface area contributed by atoms with Gasteiger partial charge in [0, 0.05) is 0 Å². The molecule has 0 aliphatic heterocycles. The fourth-order valence-corrected chi connectivity index (χ4v) is 3.92. The van der Waals surface area contributed by atoms with Crippen molar-refractivity contribution in [3.05, 3.63) is 69.9 Å². The van der Waals surface area contributed by atoms with Gasteiger partial charge in [0.15, 0.2) is 0 Å². The first kappa shape index (κ1) is 41.9. The first-order chi connectivity index (χ1) is 18.3. The molecule has 0 heterocycles. The number of hydrogen-bond acceptors (Lipinski definition) is 0. The molecule has 0 N–H and O–H groups in total. The summed E-state index contributed by atoms with van der Waals surface area (Å²) >= 11 is 0. The van der Waals surface area contributed by atoms with Crippen LogP contribution in [0.1, 0.15) is 162 Å². The number of allylic oxidation sites excluding steroid dienone is 11. The van der Waals surface area contributed by atoms with Gasteiger partial charge in [-0.05, 0) is 96.1 Å². The van der Waals surface area contributed by atoms with Crippen LogP contribution in [-0.2, 0) is 0 Å². The van der Waals surface area contributed by atoms with Gasteiger partial charge in [0.2, 0.25) is 0 Å². The van der Waals surface area contributed by atoms with E-state index in [4.69, 9.17) is 0 Å². The van der Waals surface area contributed by atoms with Crippen molar-refractivity contribution < 1.29 is 0 Å². The van der Waals surface area contributed by atoms with Crippen molar-refractivity contribution in [2.24, 2.45) is 17.8 Å². The number of rotatable bonds is 12. The summed E-state index contributed by atoms with van der Waals surface area (Å²) in [6.07, 6.45) is 20.8. The van der Waals surface area contributed by atoms with Crippen LogP contribution in [-0.4, -0.2) is 0 Å². The van der Waals surface area contributed by atoms with E-state index in [1.807, 2.05) is 13.8 Å². The maximum absolute atomic E-state index is 4.13. The van der Waals surface area contributed by atoms with Gasteiger partial charge in [-0.1, -0.05) is 153 Å². The van der Waals surface area contributed by atoms with Crippen LogP contribution in [0.4, 0.5) is 0 Å². The van der Waals surface area contributed by atoms with Gasteiger partial charge in [0.25, 0.3) is 0 Å². The molecule has 0 amide bonds. The SMILES string of the molecule is C=C(C)C(/C=C(CC(C)C)/C(C)=C/CC(C)CC)=C(C)C.CC.CC1=CC=C(C)CC1.CCCCC(C)CC. The minimum Gasteiger partial charge on any atom is -0.0955 e. The Morgan fingerprint density at radius 3 is 1.67 bits per heavy atom. The first-order valence-electron chi connectivity index (χ1n) is 16.3. The predicted molar refractivity (Wildman–Crippen MR) is 186 cm³/mol. The molecule has 0 aromatic heterocycles. The van der Waals surface area contributed by atoms with E-state index in [1.165, 1.54) is 84.8 Å². The van der Waals surface area contributed by atoms with E-state index in [2.05, 4.69) is 121 Å². The largest absolute Gasteiger partial charge is 0.0955 e. The molecule has 0 aromatic carbocycles. The minimum absolute atomic E-state index is 0.673. The molecule has 0 saturated carbocycles. The maximum atomic E-state index is 4.13. The van der Waals surface area contributed by atoms with Crippen molar-refractivity contribution >= 4 is 0 Å². The van der Waals surface area contributed by atoms with Gasteiger partial charge in [0.1, 0.15) is 0 Å². The van der Waals surface area contributed by atoms with E-state index >= 15 is 0 Å². The van der Waals surface area contributed by atoms with Crippen LogP contribution in [0.15, 0.2) is 69.9 Å². The molecule has 0 heteroatoms. The molecule has 0 fully saturated rings. The smallest absolute Gasteiger partial charge is 0.0244 e. The fourth-order valence-electron chi connectivity index (χ4n) is 3.92. The van der Waals surface area contributed by atoms with Crippen LogP contribution >= 0.6 is 0 Å². The third-order valence-corrected chi connectivity index (χ3v) is 7.29. The van der Waals surface area contributed by atoms with E-state index in [0.29, 0.717) is 5.92 Å². The summed E-state index contributed by atoms with van der Waals surface area (Å²) in [4.78, 5) is 0. The summed E-state index contributed by atoms with van der Waals surface area (Å²) < 4.78 is 0. The standard InChI is InChI=1S/C21H36.C8H12.C8H18.C2H6/c1-10-18(8)11-12-19(9)20(13-15(2)3)14-21(16(4)5)17(6)7;1-7-3-5-8(2)6-4-7;1-4-6-7-8(3)5-2;1-2/h12,14-15,18H,4,10-11,13H2,1-3,5-9H3;3,5H,4,6H2,1-2H3;8H,4-7H2,1-3H3;1-2H3/b19-12+,20-14+;;;. The molecule has 0 radical (unpaired) electrons. The molecule has 2 unspecified atom stereocenters. The van der Waals surface area contributed by atoms with Crippen LogP contribution in [0.25, 0.3) is 0 Å². The summed E-state index contributed by atoms with van der Waals surface area (Å²) in [6, 6.07) is 0. The number of unbranched alkanes of at least 4 members (excludes halogenated alkanes) is 1.